The predicted molar refractivity (Wildman–Crippen MR) is 77.6 cm³/mol. The number of imidazole rings is 1. The van der Waals surface area contributed by atoms with Gasteiger partial charge in [-0.25, -0.2) is 4.98 Å². The van der Waals surface area contributed by atoms with Crippen LogP contribution in [0.5, 0.6) is 0 Å². The Morgan fingerprint density at radius 3 is 2.90 bits per heavy atom. The van der Waals surface area contributed by atoms with Crippen LogP contribution in [0.15, 0.2) is 29.0 Å². The van der Waals surface area contributed by atoms with E-state index in [-0.39, 0.29) is 0 Å². The summed E-state index contributed by atoms with van der Waals surface area (Å²) in [6.07, 6.45) is 7.93. The number of nitrogens with two attached hydrogens (primary N) is 1. The summed E-state index contributed by atoms with van der Waals surface area (Å²) in [5, 5.41) is 4.07. The second-order valence-electron chi connectivity index (χ2n) is 5.88. The molecule has 6 nitrogen and oxygen atoms in total. The van der Waals surface area contributed by atoms with Gasteiger partial charge in [-0.1, -0.05) is 18.0 Å². The summed E-state index contributed by atoms with van der Waals surface area (Å²) in [7, 11) is 0. The van der Waals surface area contributed by atoms with Crippen LogP contribution in [0.25, 0.3) is 17.2 Å². The molecule has 1 aliphatic carbocycles. The smallest absolute Gasteiger partial charge is 0.278 e. The van der Waals surface area contributed by atoms with Crippen molar-refractivity contribution in [3.8, 4) is 11.6 Å². The van der Waals surface area contributed by atoms with Gasteiger partial charge in [0, 0.05) is 12.4 Å². The van der Waals surface area contributed by atoms with Crippen molar-refractivity contribution in [1.29, 1.82) is 0 Å². The van der Waals surface area contributed by atoms with Crippen LogP contribution in [0.2, 0.25) is 0 Å². The van der Waals surface area contributed by atoms with Crippen molar-refractivity contribution in [2.24, 2.45) is 5.73 Å². The largest absolute Gasteiger partial charge is 0.332 e. The van der Waals surface area contributed by atoms with Crippen molar-refractivity contribution in [1.82, 2.24) is 19.5 Å². The summed E-state index contributed by atoms with van der Waals surface area (Å²) in [6.45, 7) is 2.04. The molecule has 3 aromatic heterocycles. The summed E-state index contributed by atoms with van der Waals surface area (Å²) >= 11 is 0. The third-order valence-corrected chi connectivity index (χ3v) is 4.20. The zero-order valence-electron chi connectivity index (χ0n) is 11.9. The standard InChI is InChI=1S/C15H17N5O/c1-10-4-7-20-9-11(17-12(20)8-10)13-18-14(19-21-13)15(16)5-2-3-6-15/h4,7-9H,2-3,5-6,16H2,1H3. The third-order valence-electron chi connectivity index (χ3n) is 4.20. The summed E-state index contributed by atoms with van der Waals surface area (Å²) in [5.41, 5.74) is 8.64. The van der Waals surface area contributed by atoms with E-state index in [1.807, 2.05) is 35.9 Å². The fourth-order valence-corrected chi connectivity index (χ4v) is 2.95. The number of fused-ring (bicyclic) bond motifs is 1. The number of pyridine rings is 1. The van der Waals surface area contributed by atoms with Crippen molar-refractivity contribution in [2.75, 3.05) is 0 Å². The van der Waals surface area contributed by atoms with E-state index in [0.29, 0.717) is 17.4 Å². The summed E-state index contributed by atoms with van der Waals surface area (Å²) in [4.78, 5) is 9.01. The molecular weight excluding hydrogens is 266 g/mol. The Morgan fingerprint density at radius 2 is 2.10 bits per heavy atom. The van der Waals surface area contributed by atoms with Gasteiger partial charge in [0.15, 0.2) is 5.82 Å². The first kappa shape index (κ1) is 12.5. The monoisotopic (exact) mass is 283 g/mol. The van der Waals surface area contributed by atoms with Crippen molar-refractivity contribution in [3.05, 3.63) is 35.9 Å². The van der Waals surface area contributed by atoms with Crippen LogP contribution < -0.4 is 5.73 Å². The molecule has 0 radical (unpaired) electrons. The first-order valence-electron chi connectivity index (χ1n) is 7.23. The van der Waals surface area contributed by atoms with Crippen molar-refractivity contribution in [2.45, 2.75) is 38.1 Å². The Labute approximate surface area is 122 Å². The van der Waals surface area contributed by atoms with Gasteiger partial charge in [-0.2, -0.15) is 4.98 Å². The molecule has 1 saturated carbocycles. The van der Waals surface area contributed by atoms with E-state index in [0.717, 1.165) is 36.9 Å². The molecule has 0 aromatic carbocycles. The third kappa shape index (κ3) is 2.03. The molecule has 0 saturated heterocycles. The maximum Gasteiger partial charge on any atom is 0.278 e. The predicted octanol–water partition coefficient (Wildman–Crippen LogP) is 2.42. The quantitative estimate of drug-likeness (QED) is 0.781. The van der Waals surface area contributed by atoms with Crippen molar-refractivity contribution < 1.29 is 4.52 Å². The van der Waals surface area contributed by atoms with Crippen LogP contribution in [-0.4, -0.2) is 19.5 Å². The van der Waals surface area contributed by atoms with Gasteiger partial charge in [-0.05, 0) is 37.5 Å². The van der Waals surface area contributed by atoms with Crippen LogP contribution in [0.3, 0.4) is 0 Å². The highest BCUT2D eigenvalue weighted by atomic mass is 16.5. The average Bonchev–Trinajstić information content (AvgIpc) is 3.15. The minimum Gasteiger partial charge on any atom is -0.332 e. The van der Waals surface area contributed by atoms with E-state index in [1.165, 1.54) is 0 Å². The average molecular weight is 283 g/mol. The second-order valence-corrected chi connectivity index (χ2v) is 5.88. The van der Waals surface area contributed by atoms with E-state index in [1.54, 1.807) is 0 Å². The highest BCUT2D eigenvalue weighted by Crippen LogP contribution is 2.35. The van der Waals surface area contributed by atoms with Crippen LogP contribution in [0.1, 0.15) is 37.1 Å². The van der Waals surface area contributed by atoms with E-state index in [2.05, 4.69) is 15.1 Å². The van der Waals surface area contributed by atoms with Gasteiger partial charge >= 0.3 is 0 Å². The SMILES string of the molecule is Cc1ccn2cc(-c3nc(C4(N)CCCC4)no3)nc2c1. The molecule has 1 fully saturated rings. The number of rotatable bonds is 2. The lowest BCUT2D eigenvalue weighted by molar-refractivity contribution is 0.372. The fraction of sp³-hybridized carbons (Fsp3) is 0.400. The zero-order valence-corrected chi connectivity index (χ0v) is 11.9. The molecule has 0 aliphatic heterocycles. The molecule has 3 heterocycles. The van der Waals surface area contributed by atoms with Crippen LogP contribution >= 0.6 is 0 Å². The fourth-order valence-electron chi connectivity index (χ4n) is 2.95. The van der Waals surface area contributed by atoms with E-state index in [4.69, 9.17) is 10.3 Å². The van der Waals surface area contributed by atoms with Gasteiger partial charge < -0.3 is 14.7 Å². The number of aromatic nitrogens is 4. The molecule has 0 bridgehead atoms. The lowest BCUT2D eigenvalue weighted by atomic mass is 9.99. The van der Waals surface area contributed by atoms with E-state index >= 15 is 0 Å². The molecule has 21 heavy (non-hydrogen) atoms. The Kier molecular flexibility index (Phi) is 2.62. The Bertz CT molecular complexity index is 797. The first-order chi connectivity index (χ1) is 10.1. The minimum absolute atomic E-state index is 0.433. The molecule has 4 rings (SSSR count). The molecule has 6 heteroatoms. The maximum atomic E-state index is 6.36. The molecule has 2 N–H and O–H groups in total. The molecule has 0 unspecified atom stereocenters. The highest BCUT2D eigenvalue weighted by molar-refractivity contribution is 5.54. The van der Waals surface area contributed by atoms with Gasteiger partial charge in [0.1, 0.15) is 11.3 Å². The number of hydrogen-bond acceptors (Lipinski definition) is 5. The summed E-state index contributed by atoms with van der Waals surface area (Å²) in [6, 6.07) is 4.05. The molecule has 108 valence electrons. The lowest BCUT2D eigenvalue weighted by Gasteiger charge is -2.17. The number of aryl methyl sites for hydroxylation is 1. The molecule has 0 atom stereocenters. The first-order valence-corrected chi connectivity index (χ1v) is 7.23. The van der Waals surface area contributed by atoms with E-state index < -0.39 is 5.54 Å². The minimum atomic E-state index is -0.433. The molecule has 1 aliphatic rings. The second kappa shape index (κ2) is 4.39. The number of hydrogen-bond donors (Lipinski definition) is 1. The normalized spacial score (nSPS) is 17.6. The summed E-state index contributed by atoms with van der Waals surface area (Å²) in [5.74, 6) is 1.03. The van der Waals surface area contributed by atoms with Gasteiger partial charge in [-0.15, -0.1) is 0 Å². The molecular formula is C15H17N5O. The van der Waals surface area contributed by atoms with Crippen LogP contribution in [0, 0.1) is 6.92 Å². The van der Waals surface area contributed by atoms with Crippen molar-refractivity contribution >= 4 is 5.65 Å². The Morgan fingerprint density at radius 1 is 1.29 bits per heavy atom. The Balaban J connectivity index is 1.73. The van der Waals surface area contributed by atoms with Gasteiger partial charge in [0.2, 0.25) is 0 Å². The molecule has 0 spiro atoms. The zero-order chi connectivity index (χ0) is 14.4. The highest BCUT2D eigenvalue weighted by Gasteiger charge is 2.36. The maximum absolute atomic E-state index is 6.36. The number of nitrogens with zero attached hydrogens (tertiary/aromatic N) is 4. The summed E-state index contributed by atoms with van der Waals surface area (Å²) < 4.78 is 7.32. The van der Waals surface area contributed by atoms with E-state index in [9.17, 15) is 0 Å². The van der Waals surface area contributed by atoms with Crippen molar-refractivity contribution in [3.63, 3.8) is 0 Å². The van der Waals surface area contributed by atoms with Crippen LogP contribution in [0.4, 0.5) is 0 Å². The lowest BCUT2D eigenvalue weighted by Crippen LogP contribution is -2.34. The van der Waals surface area contributed by atoms with Gasteiger partial charge in [-0.3, -0.25) is 0 Å². The van der Waals surface area contributed by atoms with Gasteiger partial charge in [0.25, 0.3) is 5.89 Å². The molecule has 0 amide bonds. The van der Waals surface area contributed by atoms with Gasteiger partial charge in [0.05, 0.1) is 5.54 Å². The topological polar surface area (TPSA) is 82.2 Å². The Hall–Kier alpha value is -2.21. The molecule has 3 aromatic rings. The van der Waals surface area contributed by atoms with Crippen LogP contribution in [-0.2, 0) is 5.54 Å².